The molecule has 4 rings (SSSR count). The Kier molecular flexibility index (Phi) is 6.77. The first-order valence-electron chi connectivity index (χ1n) is 10.4. The molecule has 0 radical (unpaired) electrons. The monoisotopic (exact) mass is 506 g/mol. The number of nitrogen functional groups attached to an aromatic ring is 1. The SMILES string of the molecule is CC[C@@H](c1ccccc1C(=O)O)C1O[C@@H](n2c(=O)sc3c(=O)[nH]c(N)nc32)[C@H](CC(=O)OC)S1. The number of thiazole rings is 1. The van der Waals surface area contributed by atoms with Gasteiger partial charge in [0.25, 0.3) is 5.56 Å². The number of anilines is 1. The highest BCUT2D eigenvalue weighted by molar-refractivity contribution is 8.00. The van der Waals surface area contributed by atoms with Crippen LogP contribution in [-0.2, 0) is 14.3 Å². The third-order valence-electron chi connectivity index (χ3n) is 5.60. The van der Waals surface area contributed by atoms with E-state index >= 15 is 0 Å². The predicted molar refractivity (Wildman–Crippen MR) is 127 cm³/mol. The number of rotatable bonds is 7. The fraction of sp³-hybridized carbons (Fsp3) is 0.381. The van der Waals surface area contributed by atoms with Gasteiger partial charge in [0.15, 0.2) is 11.9 Å². The number of H-pyrrole nitrogens is 1. The summed E-state index contributed by atoms with van der Waals surface area (Å²) in [6.45, 7) is 1.91. The number of carbonyl (C=O) groups excluding carboxylic acids is 1. The van der Waals surface area contributed by atoms with E-state index in [1.807, 2.05) is 6.92 Å². The number of benzene rings is 1. The first-order chi connectivity index (χ1) is 16.2. The summed E-state index contributed by atoms with van der Waals surface area (Å²) in [7, 11) is 1.27. The van der Waals surface area contributed by atoms with Gasteiger partial charge in [0, 0.05) is 5.92 Å². The molecule has 34 heavy (non-hydrogen) atoms. The van der Waals surface area contributed by atoms with Crippen LogP contribution in [-0.4, -0.2) is 49.4 Å². The number of nitrogens with two attached hydrogens (primary N) is 1. The molecule has 1 saturated heterocycles. The molecule has 180 valence electrons. The minimum Gasteiger partial charge on any atom is -0.478 e. The Balaban J connectivity index is 1.79. The number of hydrogen-bond donors (Lipinski definition) is 3. The third-order valence-corrected chi connectivity index (χ3v) is 8.00. The maximum atomic E-state index is 12.9. The number of ether oxygens (including phenoxy) is 2. The summed E-state index contributed by atoms with van der Waals surface area (Å²) in [6, 6.07) is 6.66. The van der Waals surface area contributed by atoms with Gasteiger partial charge in [0.05, 0.1) is 24.3 Å². The summed E-state index contributed by atoms with van der Waals surface area (Å²) < 4.78 is 12.5. The van der Waals surface area contributed by atoms with Crippen molar-refractivity contribution >= 4 is 51.3 Å². The molecule has 0 saturated carbocycles. The average molecular weight is 507 g/mol. The summed E-state index contributed by atoms with van der Waals surface area (Å²) in [5.41, 5.74) is 5.40. The molecule has 1 aliphatic heterocycles. The van der Waals surface area contributed by atoms with Gasteiger partial charge in [-0.25, -0.2) is 4.79 Å². The Hall–Kier alpha value is -3.16. The molecular formula is C21H22N4O7S2. The van der Waals surface area contributed by atoms with Crippen LogP contribution in [0.3, 0.4) is 0 Å². The summed E-state index contributed by atoms with van der Waals surface area (Å²) in [6.07, 6.45) is -0.471. The van der Waals surface area contributed by atoms with Gasteiger partial charge >= 0.3 is 16.8 Å². The van der Waals surface area contributed by atoms with Gasteiger partial charge in [-0.15, -0.1) is 11.8 Å². The molecule has 11 nitrogen and oxygen atoms in total. The first kappa shape index (κ1) is 24.0. The number of esters is 1. The first-order valence-corrected chi connectivity index (χ1v) is 12.1. The van der Waals surface area contributed by atoms with E-state index in [4.69, 9.17) is 15.2 Å². The van der Waals surface area contributed by atoms with E-state index in [0.29, 0.717) is 23.3 Å². The summed E-state index contributed by atoms with van der Waals surface area (Å²) in [4.78, 5) is 55.2. The second-order valence-electron chi connectivity index (χ2n) is 7.60. The number of carbonyl (C=O) groups is 2. The van der Waals surface area contributed by atoms with Crippen molar-refractivity contribution in [1.82, 2.24) is 14.5 Å². The van der Waals surface area contributed by atoms with E-state index < -0.39 is 39.3 Å². The van der Waals surface area contributed by atoms with Crippen LogP contribution in [0.5, 0.6) is 0 Å². The van der Waals surface area contributed by atoms with Gasteiger partial charge in [-0.05, 0) is 18.1 Å². The van der Waals surface area contributed by atoms with Gasteiger partial charge < -0.3 is 20.3 Å². The second kappa shape index (κ2) is 9.60. The number of thioether (sulfide) groups is 1. The van der Waals surface area contributed by atoms with E-state index in [9.17, 15) is 24.3 Å². The Labute approximate surface area is 200 Å². The van der Waals surface area contributed by atoms with Crippen molar-refractivity contribution in [2.75, 3.05) is 12.8 Å². The fourth-order valence-corrected chi connectivity index (χ4v) is 6.50. The Morgan fingerprint density at radius 3 is 2.76 bits per heavy atom. The molecule has 1 unspecified atom stereocenters. The quantitative estimate of drug-likeness (QED) is 0.404. The highest BCUT2D eigenvalue weighted by Gasteiger charge is 2.44. The lowest BCUT2D eigenvalue weighted by atomic mass is 9.92. The van der Waals surface area contributed by atoms with Crippen molar-refractivity contribution in [1.29, 1.82) is 0 Å². The second-order valence-corrected chi connectivity index (χ2v) is 9.90. The summed E-state index contributed by atoms with van der Waals surface area (Å²) >= 11 is 2.03. The summed E-state index contributed by atoms with van der Waals surface area (Å²) in [5.74, 6) is -2.05. The highest BCUT2D eigenvalue weighted by Crippen LogP contribution is 2.48. The van der Waals surface area contributed by atoms with Crippen molar-refractivity contribution in [2.45, 2.75) is 42.6 Å². The number of hydrogen-bond acceptors (Lipinski definition) is 10. The van der Waals surface area contributed by atoms with Crippen LogP contribution >= 0.6 is 23.1 Å². The van der Waals surface area contributed by atoms with Crippen LogP contribution in [0, 0.1) is 0 Å². The zero-order chi connectivity index (χ0) is 24.6. The lowest BCUT2D eigenvalue weighted by molar-refractivity contribution is -0.141. The van der Waals surface area contributed by atoms with Crippen molar-refractivity contribution in [3.8, 4) is 0 Å². The molecule has 2 aromatic heterocycles. The zero-order valence-electron chi connectivity index (χ0n) is 18.2. The molecule has 4 N–H and O–H groups in total. The Morgan fingerprint density at radius 2 is 2.09 bits per heavy atom. The van der Waals surface area contributed by atoms with Crippen molar-refractivity contribution in [2.24, 2.45) is 0 Å². The van der Waals surface area contributed by atoms with Crippen molar-refractivity contribution < 1.29 is 24.2 Å². The Bertz CT molecular complexity index is 1370. The number of nitrogens with one attached hydrogen (secondary N) is 1. The topological polar surface area (TPSA) is 167 Å². The largest absolute Gasteiger partial charge is 0.478 e. The summed E-state index contributed by atoms with van der Waals surface area (Å²) in [5, 5.41) is 9.10. The molecule has 3 aromatic rings. The lowest BCUT2D eigenvalue weighted by Crippen LogP contribution is -2.29. The number of carboxylic acid groups (broad SMARTS) is 1. The molecule has 3 heterocycles. The molecular weight excluding hydrogens is 484 g/mol. The van der Waals surface area contributed by atoms with Crippen LogP contribution in [0.15, 0.2) is 33.9 Å². The number of fused-ring (bicyclic) bond motifs is 1. The van der Waals surface area contributed by atoms with E-state index in [-0.39, 0.29) is 34.2 Å². The molecule has 0 spiro atoms. The van der Waals surface area contributed by atoms with Crippen molar-refractivity contribution in [3.63, 3.8) is 0 Å². The van der Waals surface area contributed by atoms with E-state index in [2.05, 4.69) is 9.97 Å². The molecule has 0 amide bonds. The molecule has 1 fully saturated rings. The number of aromatic carboxylic acids is 1. The fourth-order valence-electron chi connectivity index (χ4n) is 4.05. The smallest absolute Gasteiger partial charge is 0.335 e. The minimum absolute atomic E-state index is 0.0661. The highest BCUT2D eigenvalue weighted by atomic mass is 32.2. The molecule has 13 heteroatoms. The van der Waals surface area contributed by atoms with Gasteiger partial charge in [-0.3, -0.25) is 23.9 Å². The zero-order valence-corrected chi connectivity index (χ0v) is 19.9. The normalized spacial score (nSPS) is 20.9. The van der Waals surface area contributed by atoms with Gasteiger partial charge in [0.1, 0.15) is 10.1 Å². The lowest BCUT2D eigenvalue weighted by Gasteiger charge is -2.23. The average Bonchev–Trinajstić information content (AvgIpc) is 3.34. The predicted octanol–water partition coefficient (Wildman–Crippen LogP) is 2.14. The molecule has 0 bridgehead atoms. The maximum Gasteiger partial charge on any atom is 0.335 e. The number of aromatic nitrogens is 3. The van der Waals surface area contributed by atoms with Crippen LogP contribution in [0.25, 0.3) is 10.3 Å². The van der Waals surface area contributed by atoms with E-state index in [0.717, 1.165) is 0 Å². The number of methoxy groups -OCH3 is 1. The molecule has 1 aliphatic rings. The molecule has 4 atom stereocenters. The van der Waals surface area contributed by atoms with Gasteiger partial charge in [-0.1, -0.05) is 36.5 Å². The van der Waals surface area contributed by atoms with E-state index in [1.165, 1.54) is 29.5 Å². The molecule has 0 aliphatic carbocycles. The standard InChI is InChI=1S/C21H22N4O7S2/c1-3-9(10-6-4-5-7-11(10)18(28)29)19-32-17(12(33-19)8-13(26)31-2)25-15-14(34-21(25)30)16(27)24-20(22)23-15/h4-7,9,12,17,19H,3,8H2,1-2H3,(H,28,29)(H3,22,23,24,27)/t9-,12-,17+,19?/m0/s1. The van der Waals surface area contributed by atoms with Crippen LogP contribution in [0.2, 0.25) is 0 Å². The Morgan fingerprint density at radius 1 is 1.35 bits per heavy atom. The number of carboxylic acids is 1. The van der Waals surface area contributed by atoms with Crippen LogP contribution in [0.4, 0.5) is 5.95 Å². The van der Waals surface area contributed by atoms with Gasteiger partial charge in [-0.2, -0.15) is 4.98 Å². The number of nitrogens with zero attached hydrogens (tertiary/aromatic N) is 2. The molecule has 1 aromatic carbocycles. The van der Waals surface area contributed by atoms with Crippen molar-refractivity contribution in [3.05, 3.63) is 55.4 Å². The maximum absolute atomic E-state index is 12.9. The van der Waals surface area contributed by atoms with E-state index in [1.54, 1.807) is 18.2 Å². The third kappa shape index (κ3) is 4.33. The minimum atomic E-state index is -1.06. The number of aromatic amines is 1. The van der Waals surface area contributed by atoms with Crippen LogP contribution < -0.4 is 16.2 Å². The van der Waals surface area contributed by atoms with Gasteiger partial charge in [0.2, 0.25) is 5.95 Å². The van der Waals surface area contributed by atoms with Crippen LogP contribution in [0.1, 0.15) is 47.8 Å².